The first-order chi connectivity index (χ1) is 12.6. The van der Waals surface area contributed by atoms with Crippen molar-refractivity contribution in [2.75, 3.05) is 26.2 Å². The molecule has 136 valence electrons. The summed E-state index contributed by atoms with van der Waals surface area (Å²) >= 11 is 0. The van der Waals surface area contributed by atoms with Crippen molar-refractivity contribution in [3.8, 4) is 11.5 Å². The summed E-state index contributed by atoms with van der Waals surface area (Å²) < 4.78 is 5.98. The number of benzene rings is 1. The Balaban J connectivity index is 1.59. The topological polar surface area (TPSA) is 92.7 Å². The van der Waals surface area contributed by atoms with E-state index in [-0.39, 0.29) is 11.8 Å². The number of hydrogen-bond acceptors (Lipinski definition) is 4. The summed E-state index contributed by atoms with van der Waals surface area (Å²) in [5, 5.41) is 0. The van der Waals surface area contributed by atoms with Crippen molar-refractivity contribution >= 4 is 11.9 Å². The molecule has 3 amide bonds. The second kappa shape index (κ2) is 6.82. The lowest BCUT2D eigenvalue weighted by atomic mass is 10.2. The van der Waals surface area contributed by atoms with E-state index in [0.717, 1.165) is 18.4 Å². The van der Waals surface area contributed by atoms with E-state index in [9.17, 15) is 9.59 Å². The average molecular weight is 354 g/mol. The molecule has 1 saturated heterocycles. The van der Waals surface area contributed by atoms with Crippen LogP contribution in [-0.2, 0) is 0 Å². The lowest BCUT2D eigenvalue weighted by Gasteiger charge is -2.20. The second-order valence-electron chi connectivity index (χ2n) is 6.84. The maximum Gasteiger partial charge on any atom is 0.314 e. The van der Waals surface area contributed by atoms with E-state index in [4.69, 9.17) is 10.2 Å². The molecule has 0 atom stereocenters. The monoisotopic (exact) mass is 354 g/mol. The highest BCUT2D eigenvalue weighted by Gasteiger charge is 2.36. The lowest BCUT2D eigenvalue weighted by Crippen LogP contribution is -2.40. The molecule has 0 unspecified atom stereocenters. The molecule has 2 fully saturated rings. The van der Waals surface area contributed by atoms with Gasteiger partial charge in [0.1, 0.15) is 5.76 Å². The van der Waals surface area contributed by atoms with Gasteiger partial charge in [0.05, 0.1) is 0 Å². The number of carbonyl (C=O) groups is 2. The summed E-state index contributed by atoms with van der Waals surface area (Å²) in [6, 6.07) is 9.18. The van der Waals surface area contributed by atoms with Crippen LogP contribution in [0.2, 0.25) is 0 Å². The number of nitrogens with two attached hydrogens (primary N) is 1. The largest absolute Gasteiger partial charge is 0.440 e. The van der Waals surface area contributed by atoms with E-state index in [1.54, 1.807) is 9.80 Å². The molecule has 1 saturated carbocycles. The van der Waals surface area contributed by atoms with Gasteiger partial charge in [0.2, 0.25) is 5.89 Å². The zero-order valence-corrected chi connectivity index (χ0v) is 14.6. The third-order valence-corrected chi connectivity index (χ3v) is 4.92. The number of hydrogen-bond donors (Lipinski definition) is 1. The summed E-state index contributed by atoms with van der Waals surface area (Å²) in [6.07, 6.45) is 2.76. The summed E-state index contributed by atoms with van der Waals surface area (Å²) in [4.78, 5) is 32.3. The Bertz CT molecular complexity index is 813. The smallest absolute Gasteiger partial charge is 0.314 e. The van der Waals surface area contributed by atoms with Crippen molar-refractivity contribution in [2.45, 2.75) is 25.2 Å². The highest BCUT2D eigenvalue weighted by atomic mass is 16.4. The number of rotatable bonds is 3. The molecule has 2 aliphatic rings. The number of aromatic nitrogens is 1. The number of nitrogens with zero attached hydrogens (tertiary/aromatic N) is 3. The molecular weight excluding hydrogens is 332 g/mol. The van der Waals surface area contributed by atoms with Crippen LogP contribution in [0, 0.1) is 0 Å². The Morgan fingerprint density at radius 2 is 1.73 bits per heavy atom. The molecule has 2 aromatic rings. The number of carbonyl (C=O) groups excluding carboxylic acids is 2. The third kappa shape index (κ3) is 3.29. The maximum atomic E-state index is 13.1. The Morgan fingerprint density at radius 3 is 2.42 bits per heavy atom. The minimum absolute atomic E-state index is 0.121. The normalized spacial score (nSPS) is 17.8. The molecule has 7 nitrogen and oxygen atoms in total. The molecular formula is C19H22N4O3. The summed E-state index contributed by atoms with van der Waals surface area (Å²) in [5.41, 5.74) is 6.65. The van der Waals surface area contributed by atoms with E-state index >= 15 is 0 Å². The summed E-state index contributed by atoms with van der Waals surface area (Å²) in [5.74, 6) is 1.35. The molecule has 0 bridgehead atoms. The average Bonchev–Trinajstić information content (AvgIpc) is 3.44. The minimum atomic E-state index is -0.439. The molecule has 2 heterocycles. The van der Waals surface area contributed by atoms with E-state index in [1.807, 2.05) is 30.3 Å². The molecule has 0 radical (unpaired) electrons. The zero-order chi connectivity index (χ0) is 18.1. The molecule has 26 heavy (non-hydrogen) atoms. The molecule has 4 rings (SSSR count). The van der Waals surface area contributed by atoms with E-state index < -0.39 is 6.03 Å². The minimum Gasteiger partial charge on any atom is -0.440 e. The quantitative estimate of drug-likeness (QED) is 0.916. The molecule has 7 heteroatoms. The van der Waals surface area contributed by atoms with Crippen molar-refractivity contribution in [1.82, 2.24) is 14.8 Å². The standard InChI is InChI=1S/C19H22N4O3/c20-19(25)23-10-4-9-22(11-12-23)18(24)15-16(13-7-8-13)26-17(21-15)14-5-2-1-3-6-14/h1-3,5-6,13H,4,7-12H2,(H2,20,25). The predicted molar refractivity (Wildman–Crippen MR) is 95.6 cm³/mol. The van der Waals surface area contributed by atoms with E-state index in [2.05, 4.69) is 4.98 Å². The Morgan fingerprint density at radius 1 is 1.04 bits per heavy atom. The summed E-state index contributed by atoms with van der Waals surface area (Å²) in [6.45, 7) is 2.06. The van der Waals surface area contributed by atoms with E-state index in [1.165, 1.54) is 0 Å². The maximum absolute atomic E-state index is 13.1. The van der Waals surface area contributed by atoms with Crippen LogP contribution in [-0.4, -0.2) is 52.9 Å². The van der Waals surface area contributed by atoms with Gasteiger partial charge in [-0.25, -0.2) is 9.78 Å². The Hall–Kier alpha value is -2.83. The van der Waals surface area contributed by atoms with Crippen molar-refractivity contribution in [3.63, 3.8) is 0 Å². The van der Waals surface area contributed by atoms with Gasteiger partial charge < -0.3 is 20.0 Å². The van der Waals surface area contributed by atoms with Crippen LogP contribution in [0.5, 0.6) is 0 Å². The lowest BCUT2D eigenvalue weighted by molar-refractivity contribution is 0.0755. The third-order valence-electron chi connectivity index (χ3n) is 4.92. The van der Waals surface area contributed by atoms with Crippen LogP contribution in [0.25, 0.3) is 11.5 Å². The van der Waals surface area contributed by atoms with Crippen LogP contribution >= 0.6 is 0 Å². The molecule has 1 aromatic heterocycles. The van der Waals surface area contributed by atoms with E-state index in [0.29, 0.717) is 49.9 Å². The Kier molecular flexibility index (Phi) is 4.36. The number of oxazole rings is 1. The van der Waals surface area contributed by atoms with Gasteiger partial charge in [-0.2, -0.15) is 0 Å². The van der Waals surface area contributed by atoms with Crippen LogP contribution < -0.4 is 5.73 Å². The second-order valence-corrected chi connectivity index (χ2v) is 6.84. The molecule has 1 aliphatic heterocycles. The molecule has 0 spiro atoms. The van der Waals surface area contributed by atoms with Gasteiger partial charge >= 0.3 is 6.03 Å². The van der Waals surface area contributed by atoms with Gasteiger partial charge in [-0.15, -0.1) is 0 Å². The van der Waals surface area contributed by atoms with Crippen LogP contribution in [0.4, 0.5) is 4.79 Å². The highest BCUT2D eigenvalue weighted by Crippen LogP contribution is 2.43. The fraction of sp³-hybridized carbons (Fsp3) is 0.421. The first-order valence-electron chi connectivity index (χ1n) is 9.03. The fourth-order valence-electron chi connectivity index (χ4n) is 3.30. The predicted octanol–water partition coefficient (Wildman–Crippen LogP) is 2.45. The first kappa shape index (κ1) is 16.6. The van der Waals surface area contributed by atoms with Gasteiger partial charge in [0, 0.05) is 37.7 Å². The number of primary amides is 1. The molecule has 2 N–H and O–H groups in total. The van der Waals surface area contributed by atoms with Crippen LogP contribution in [0.15, 0.2) is 34.7 Å². The van der Waals surface area contributed by atoms with Crippen LogP contribution in [0.1, 0.15) is 41.4 Å². The molecule has 1 aromatic carbocycles. The highest BCUT2D eigenvalue weighted by molar-refractivity contribution is 5.94. The van der Waals surface area contributed by atoms with Gasteiger partial charge in [0.25, 0.3) is 5.91 Å². The number of amides is 3. The van der Waals surface area contributed by atoms with Gasteiger partial charge in [0.15, 0.2) is 5.69 Å². The van der Waals surface area contributed by atoms with Gasteiger partial charge in [-0.1, -0.05) is 18.2 Å². The Labute approximate surface area is 151 Å². The van der Waals surface area contributed by atoms with Crippen molar-refractivity contribution in [3.05, 3.63) is 41.8 Å². The first-order valence-corrected chi connectivity index (χ1v) is 9.03. The fourth-order valence-corrected chi connectivity index (χ4v) is 3.30. The van der Waals surface area contributed by atoms with Crippen molar-refractivity contribution < 1.29 is 14.0 Å². The number of urea groups is 1. The van der Waals surface area contributed by atoms with Crippen LogP contribution in [0.3, 0.4) is 0 Å². The zero-order valence-electron chi connectivity index (χ0n) is 14.6. The SMILES string of the molecule is NC(=O)N1CCCN(C(=O)c2nc(-c3ccccc3)oc2C2CC2)CC1. The van der Waals surface area contributed by atoms with Gasteiger partial charge in [-0.3, -0.25) is 4.79 Å². The molecule has 1 aliphatic carbocycles. The van der Waals surface area contributed by atoms with Crippen molar-refractivity contribution in [2.24, 2.45) is 5.73 Å². The van der Waals surface area contributed by atoms with Crippen molar-refractivity contribution in [1.29, 1.82) is 0 Å². The summed E-state index contributed by atoms with van der Waals surface area (Å²) in [7, 11) is 0. The van der Waals surface area contributed by atoms with Gasteiger partial charge in [-0.05, 0) is 31.4 Å².